The van der Waals surface area contributed by atoms with Crippen LogP contribution in [0.5, 0.6) is 0 Å². The maximum absolute atomic E-state index is 13.0. The monoisotopic (exact) mass is 448 g/mol. The van der Waals surface area contributed by atoms with Gasteiger partial charge in [-0.25, -0.2) is 15.0 Å². The van der Waals surface area contributed by atoms with E-state index in [2.05, 4.69) is 29.8 Å². The number of nitrogens with zero attached hydrogens (tertiary/aromatic N) is 4. The molecular formula is C21H20ClF3N6. The topological polar surface area (TPSA) is 73.5 Å². The van der Waals surface area contributed by atoms with Crippen LogP contribution in [0.4, 0.5) is 19.0 Å². The van der Waals surface area contributed by atoms with Crippen molar-refractivity contribution in [3.8, 4) is 11.3 Å². The highest BCUT2D eigenvalue weighted by Gasteiger charge is 2.31. The van der Waals surface area contributed by atoms with Gasteiger partial charge in [-0.2, -0.15) is 13.2 Å². The first-order chi connectivity index (χ1) is 14.5. The minimum Gasteiger partial charge on any atom is -0.356 e. The van der Waals surface area contributed by atoms with Crippen molar-refractivity contribution in [2.75, 3.05) is 18.0 Å². The minimum absolute atomic E-state index is 0. The van der Waals surface area contributed by atoms with Gasteiger partial charge in [0, 0.05) is 30.8 Å². The zero-order chi connectivity index (χ0) is 20.7. The van der Waals surface area contributed by atoms with Crippen molar-refractivity contribution < 1.29 is 13.2 Å². The number of H-pyrrole nitrogens is 2. The Morgan fingerprint density at radius 3 is 2.61 bits per heavy atom. The average molecular weight is 449 g/mol. The molecule has 0 unspecified atom stereocenters. The second-order valence-corrected chi connectivity index (χ2v) is 7.46. The lowest BCUT2D eigenvalue weighted by Gasteiger charge is -2.32. The van der Waals surface area contributed by atoms with Crippen LogP contribution in [0.15, 0.2) is 49.1 Å². The van der Waals surface area contributed by atoms with Gasteiger partial charge in [0.1, 0.15) is 23.6 Å². The summed E-state index contributed by atoms with van der Waals surface area (Å²) in [7, 11) is 0. The molecule has 2 N–H and O–H groups in total. The third kappa shape index (κ3) is 4.10. The molecule has 10 heteroatoms. The average Bonchev–Trinajstić information content (AvgIpc) is 3.43. The number of benzene rings is 1. The first kappa shape index (κ1) is 21.2. The van der Waals surface area contributed by atoms with Gasteiger partial charge < -0.3 is 14.9 Å². The molecule has 0 atom stereocenters. The minimum atomic E-state index is -4.36. The summed E-state index contributed by atoms with van der Waals surface area (Å²) in [6.07, 6.45) is 2.43. The lowest BCUT2D eigenvalue weighted by molar-refractivity contribution is -0.137. The van der Waals surface area contributed by atoms with Gasteiger partial charge in [0.15, 0.2) is 0 Å². The third-order valence-electron chi connectivity index (χ3n) is 5.61. The number of rotatable bonds is 3. The van der Waals surface area contributed by atoms with Gasteiger partial charge in [0.2, 0.25) is 0 Å². The molecule has 3 aromatic heterocycles. The number of aromatic nitrogens is 5. The summed E-state index contributed by atoms with van der Waals surface area (Å²) >= 11 is 0. The molecule has 0 aliphatic carbocycles. The molecule has 4 aromatic rings. The molecule has 1 fully saturated rings. The Morgan fingerprint density at radius 1 is 1.03 bits per heavy atom. The molecule has 4 heterocycles. The summed E-state index contributed by atoms with van der Waals surface area (Å²) in [5.41, 5.74) is 1.24. The lowest BCUT2D eigenvalue weighted by atomic mass is 9.96. The molecule has 1 aliphatic rings. The number of piperidine rings is 1. The fraction of sp³-hybridized carbons (Fsp3) is 0.286. The Balaban J connectivity index is 0.00000231. The van der Waals surface area contributed by atoms with Crippen molar-refractivity contribution in [2.45, 2.75) is 24.9 Å². The van der Waals surface area contributed by atoms with E-state index >= 15 is 0 Å². The predicted octanol–water partition coefficient (Wildman–Crippen LogP) is 5.17. The molecule has 0 amide bonds. The normalized spacial score (nSPS) is 15.3. The molecule has 162 valence electrons. The number of hydrogen-bond acceptors (Lipinski definition) is 4. The molecule has 0 spiro atoms. The summed E-state index contributed by atoms with van der Waals surface area (Å²) in [6, 6.07) is 7.28. The number of aromatic amines is 2. The lowest BCUT2D eigenvalue weighted by Crippen LogP contribution is -2.33. The highest BCUT2D eigenvalue weighted by molar-refractivity contribution is 5.87. The number of imidazole rings is 1. The maximum atomic E-state index is 13.0. The van der Waals surface area contributed by atoms with Crippen LogP contribution < -0.4 is 4.90 Å². The molecule has 0 bridgehead atoms. The Hall–Kier alpha value is -3.07. The molecular weight excluding hydrogens is 429 g/mol. The molecule has 0 radical (unpaired) electrons. The number of nitrogens with one attached hydrogen (secondary N) is 2. The largest absolute Gasteiger partial charge is 0.416 e. The fourth-order valence-electron chi connectivity index (χ4n) is 4.03. The Morgan fingerprint density at radius 2 is 1.84 bits per heavy atom. The van der Waals surface area contributed by atoms with E-state index in [1.165, 1.54) is 6.07 Å². The number of hydrogen-bond donors (Lipinski definition) is 2. The van der Waals surface area contributed by atoms with Crippen LogP contribution in [0, 0.1) is 0 Å². The number of halogens is 4. The second kappa shape index (κ2) is 8.22. The van der Waals surface area contributed by atoms with Crippen molar-refractivity contribution >= 4 is 29.3 Å². The molecule has 5 rings (SSSR count). The SMILES string of the molecule is Cl.FC(F)(F)c1cccc(-c2cnc(C3CCN(c4ncnc5[nH]ccc45)CC3)[nH]2)c1. The maximum Gasteiger partial charge on any atom is 0.416 e. The van der Waals surface area contributed by atoms with E-state index in [0.717, 1.165) is 60.7 Å². The smallest absolute Gasteiger partial charge is 0.356 e. The zero-order valence-electron chi connectivity index (χ0n) is 16.4. The standard InChI is InChI=1S/C21H19F3N6.ClH/c22-21(23,24)15-3-1-2-14(10-15)17-11-26-18(29-17)13-5-8-30(9-6-13)20-16-4-7-25-19(16)27-12-28-20;/h1-4,7,10-13H,5-6,8-9H2,(H,26,29)(H,25,27,28);1H. The van der Waals surface area contributed by atoms with Crippen molar-refractivity contribution in [1.29, 1.82) is 0 Å². The second-order valence-electron chi connectivity index (χ2n) is 7.46. The van der Waals surface area contributed by atoms with E-state index in [-0.39, 0.29) is 18.3 Å². The van der Waals surface area contributed by atoms with Gasteiger partial charge in [0.05, 0.1) is 22.8 Å². The van der Waals surface area contributed by atoms with Gasteiger partial charge in [-0.1, -0.05) is 12.1 Å². The predicted molar refractivity (Wildman–Crippen MR) is 114 cm³/mol. The molecule has 1 aromatic carbocycles. The zero-order valence-corrected chi connectivity index (χ0v) is 17.2. The van der Waals surface area contributed by atoms with Crippen LogP contribution in [0.25, 0.3) is 22.3 Å². The van der Waals surface area contributed by atoms with Crippen molar-refractivity contribution in [2.24, 2.45) is 0 Å². The number of fused-ring (bicyclic) bond motifs is 1. The molecule has 0 saturated carbocycles. The van der Waals surface area contributed by atoms with Crippen molar-refractivity contribution in [1.82, 2.24) is 24.9 Å². The Kier molecular flexibility index (Phi) is 5.62. The quantitative estimate of drug-likeness (QED) is 0.453. The summed E-state index contributed by atoms with van der Waals surface area (Å²) < 4.78 is 39.0. The summed E-state index contributed by atoms with van der Waals surface area (Å²) in [6.45, 7) is 1.64. The fourth-order valence-corrected chi connectivity index (χ4v) is 4.03. The summed E-state index contributed by atoms with van der Waals surface area (Å²) in [5.74, 6) is 1.96. The Bertz CT molecular complexity index is 1180. The van der Waals surface area contributed by atoms with E-state index in [1.807, 2.05) is 12.3 Å². The first-order valence-corrected chi connectivity index (χ1v) is 9.74. The van der Waals surface area contributed by atoms with Crippen LogP contribution in [0.2, 0.25) is 0 Å². The molecule has 1 saturated heterocycles. The molecule has 31 heavy (non-hydrogen) atoms. The Labute approximate surface area is 182 Å². The van der Waals surface area contributed by atoms with Gasteiger partial charge in [-0.3, -0.25) is 0 Å². The van der Waals surface area contributed by atoms with Crippen LogP contribution in [0.3, 0.4) is 0 Å². The van der Waals surface area contributed by atoms with Gasteiger partial charge in [0.25, 0.3) is 0 Å². The van der Waals surface area contributed by atoms with Gasteiger partial charge in [-0.15, -0.1) is 12.4 Å². The van der Waals surface area contributed by atoms with Crippen LogP contribution in [0.1, 0.15) is 30.1 Å². The van der Waals surface area contributed by atoms with Crippen LogP contribution in [-0.4, -0.2) is 38.0 Å². The molecule has 1 aliphatic heterocycles. The third-order valence-corrected chi connectivity index (χ3v) is 5.61. The first-order valence-electron chi connectivity index (χ1n) is 9.74. The number of alkyl halides is 3. The summed E-state index contributed by atoms with van der Waals surface area (Å²) in [4.78, 5) is 21.7. The van der Waals surface area contributed by atoms with Gasteiger partial charge >= 0.3 is 6.18 Å². The van der Waals surface area contributed by atoms with Gasteiger partial charge in [-0.05, 0) is 31.0 Å². The summed E-state index contributed by atoms with van der Waals surface area (Å²) in [5, 5.41) is 1.00. The highest BCUT2D eigenvalue weighted by atomic mass is 35.5. The van der Waals surface area contributed by atoms with Crippen LogP contribution >= 0.6 is 12.4 Å². The van der Waals surface area contributed by atoms with E-state index < -0.39 is 11.7 Å². The van der Waals surface area contributed by atoms with E-state index in [0.29, 0.717) is 11.3 Å². The van der Waals surface area contributed by atoms with Crippen LogP contribution in [-0.2, 0) is 6.18 Å². The highest BCUT2D eigenvalue weighted by Crippen LogP contribution is 2.34. The van der Waals surface area contributed by atoms with Crippen molar-refractivity contribution in [3.05, 3.63) is 60.4 Å². The van der Waals surface area contributed by atoms with E-state index in [1.54, 1.807) is 18.6 Å². The number of anilines is 1. The molecule has 6 nitrogen and oxygen atoms in total. The van der Waals surface area contributed by atoms with Crippen molar-refractivity contribution in [3.63, 3.8) is 0 Å². The van der Waals surface area contributed by atoms with E-state index in [9.17, 15) is 13.2 Å². The van der Waals surface area contributed by atoms with E-state index in [4.69, 9.17) is 0 Å².